The van der Waals surface area contributed by atoms with Crippen LogP contribution < -0.4 is 5.73 Å². The summed E-state index contributed by atoms with van der Waals surface area (Å²) in [5, 5.41) is 1.06. The largest absolute Gasteiger partial charge is 0.366 e. The number of fused-ring (bicyclic) bond motifs is 1. The molecule has 0 atom stereocenters. The maximum atomic E-state index is 12.4. The third-order valence-electron chi connectivity index (χ3n) is 6.05. The molecule has 1 aromatic carbocycles. The molecule has 0 bridgehead atoms. The number of hydrogen-bond donors (Lipinski definition) is 1. The number of para-hydroxylation sites is 1. The van der Waals surface area contributed by atoms with Crippen molar-refractivity contribution in [3.8, 4) is 11.3 Å². The molecular weight excluding hydrogens is 376 g/mol. The molecule has 30 heavy (non-hydrogen) atoms. The SMILES string of the molecule is CCc1c(-c2ccc3ccccc3n2)c(C(N)=O)c(C)n1CCCN1CCCC1=O. The van der Waals surface area contributed by atoms with Crippen LogP contribution in [0.3, 0.4) is 0 Å². The van der Waals surface area contributed by atoms with Crippen molar-refractivity contribution >= 4 is 22.7 Å². The Balaban J connectivity index is 1.72. The van der Waals surface area contributed by atoms with Gasteiger partial charge in [-0.3, -0.25) is 9.59 Å². The van der Waals surface area contributed by atoms with E-state index < -0.39 is 5.91 Å². The number of pyridine rings is 1. The number of rotatable bonds is 7. The minimum Gasteiger partial charge on any atom is -0.366 e. The van der Waals surface area contributed by atoms with E-state index in [1.807, 2.05) is 48.2 Å². The minimum atomic E-state index is -0.430. The van der Waals surface area contributed by atoms with Crippen molar-refractivity contribution < 1.29 is 9.59 Å². The van der Waals surface area contributed by atoms with Gasteiger partial charge in [-0.2, -0.15) is 0 Å². The second-order valence-corrected chi connectivity index (χ2v) is 7.88. The molecule has 0 spiro atoms. The molecule has 2 N–H and O–H groups in total. The van der Waals surface area contributed by atoms with Gasteiger partial charge in [0.2, 0.25) is 5.91 Å². The minimum absolute atomic E-state index is 0.244. The number of carbonyl (C=O) groups excluding carboxylic acids is 2. The summed E-state index contributed by atoms with van der Waals surface area (Å²) in [6, 6.07) is 12.0. The highest BCUT2D eigenvalue weighted by Gasteiger charge is 2.25. The lowest BCUT2D eigenvalue weighted by Crippen LogP contribution is -2.26. The van der Waals surface area contributed by atoms with E-state index in [-0.39, 0.29) is 5.91 Å². The molecule has 0 radical (unpaired) electrons. The van der Waals surface area contributed by atoms with Crippen molar-refractivity contribution in [3.05, 3.63) is 53.3 Å². The summed E-state index contributed by atoms with van der Waals surface area (Å²) in [5.74, 6) is -0.186. The number of nitrogens with zero attached hydrogens (tertiary/aromatic N) is 3. The predicted molar refractivity (Wildman–Crippen MR) is 118 cm³/mol. The summed E-state index contributed by atoms with van der Waals surface area (Å²) in [6.45, 7) is 6.38. The molecular formula is C24H28N4O2. The number of benzene rings is 1. The molecule has 4 rings (SSSR count). The monoisotopic (exact) mass is 404 g/mol. The van der Waals surface area contributed by atoms with Crippen molar-refractivity contribution in [1.82, 2.24) is 14.5 Å². The quantitative estimate of drug-likeness (QED) is 0.652. The zero-order valence-corrected chi connectivity index (χ0v) is 17.6. The molecule has 0 saturated carbocycles. The van der Waals surface area contributed by atoms with Crippen LogP contribution in [-0.2, 0) is 17.8 Å². The first kappa shape index (κ1) is 20.1. The average molecular weight is 405 g/mol. The highest BCUT2D eigenvalue weighted by atomic mass is 16.2. The van der Waals surface area contributed by atoms with Crippen LogP contribution in [0.25, 0.3) is 22.2 Å². The molecule has 1 aliphatic rings. The Kier molecular flexibility index (Phi) is 5.57. The first-order chi connectivity index (χ1) is 14.5. The van der Waals surface area contributed by atoms with Gasteiger partial charge in [0.1, 0.15) is 0 Å². The third kappa shape index (κ3) is 3.58. The van der Waals surface area contributed by atoms with Gasteiger partial charge < -0.3 is 15.2 Å². The van der Waals surface area contributed by atoms with Crippen LogP contribution in [0.5, 0.6) is 0 Å². The van der Waals surface area contributed by atoms with Crippen molar-refractivity contribution in [2.45, 2.75) is 46.1 Å². The fraction of sp³-hybridized carbons (Fsp3) is 0.375. The maximum absolute atomic E-state index is 12.4. The standard InChI is InChI=1S/C24H28N4O2/c1-3-20-23(19-12-11-17-8-4-5-9-18(17)26-19)22(24(25)30)16(2)28(20)15-7-14-27-13-6-10-21(27)29/h4-5,8-9,11-12H,3,6-7,10,13-15H2,1-2H3,(H2,25,30). The number of likely N-dealkylation sites (tertiary alicyclic amines) is 1. The molecule has 1 aliphatic heterocycles. The molecule has 3 heterocycles. The lowest BCUT2D eigenvalue weighted by atomic mass is 10.0. The summed E-state index contributed by atoms with van der Waals surface area (Å²) >= 11 is 0. The normalized spacial score (nSPS) is 14.1. The number of amides is 2. The van der Waals surface area contributed by atoms with Crippen LogP contribution in [0.2, 0.25) is 0 Å². The van der Waals surface area contributed by atoms with E-state index >= 15 is 0 Å². The number of aromatic nitrogens is 2. The molecule has 6 heteroatoms. The van der Waals surface area contributed by atoms with E-state index in [9.17, 15) is 9.59 Å². The lowest BCUT2D eigenvalue weighted by Gasteiger charge is -2.17. The van der Waals surface area contributed by atoms with Crippen molar-refractivity contribution in [2.24, 2.45) is 5.73 Å². The van der Waals surface area contributed by atoms with E-state index in [0.29, 0.717) is 12.0 Å². The first-order valence-electron chi connectivity index (χ1n) is 10.7. The molecule has 0 unspecified atom stereocenters. The van der Waals surface area contributed by atoms with Crippen LogP contribution in [0.15, 0.2) is 36.4 Å². The van der Waals surface area contributed by atoms with E-state index in [0.717, 1.165) is 72.4 Å². The van der Waals surface area contributed by atoms with Crippen molar-refractivity contribution in [3.63, 3.8) is 0 Å². The maximum Gasteiger partial charge on any atom is 0.251 e. The number of nitrogens with two attached hydrogens (primary N) is 1. The summed E-state index contributed by atoms with van der Waals surface area (Å²) in [4.78, 5) is 31.1. The fourth-order valence-electron chi connectivity index (χ4n) is 4.61. The van der Waals surface area contributed by atoms with E-state index in [1.165, 1.54) is 0 Å². The Labute approximate surface area is 176 Å². The van der Waals surface area contributed by atoms with Gasteiger partial charge in [-0.15, -0.1) is 0 Å². The van der Waals surface area contributed by atoms with Crippen LogP contribution in [0.4, 0.5) is 0 Å². The molecule has 2 amide bonds. The predicted octanol–water partition coefficient (Wildman–Crippen LogP) is 3.69. The molecule has 1 saturated heterocycles. The molecule has 6 nitrogen and oxygen atoms in total. The van der Waals surface area contributed by atoms with Gasteiger partial charge in [-0.05, 0) is 38.3 Å². The van der Waals surface area contributed by atoms with Gasteiger partial charge in [0.15, 0.2) is 0 Å². The zero-order chi connectivity index (χ0) is 21.3. The molecule has 0 aliphatic carbocycles. The van der Waals surface area contributed by atoms with E-state index in [4.69, 9.17) is 10.7 Å². The first-order valence-corrected chi connectivity index (χ1v) is 10.7. The summed E-state index contributed by atoms with van der Waals surface area (Å²) in [6.07, 6.45) is 3.22. The highest BCUT2D eigenvalue weighted by Crippen LogP contribution is 2.33. The topological polar surface area (TPSA) is 81.2 Å². The Morgan fingerprint density at radius 2 is 1.97 bits per heavy atom. The van der Waals surface area contributed by atoms with Gasteiger partial charge in [-0.1, -0.05) is 31.2 Å². The second-order valence-electron chi connectivity index (χ2n) is 7.88. The Morgan fingerprint density at radius 3 is 2.67 bits per heavy atom. The molecule has 2 aromatic heterocycles. The van der Waals surface area contributed by atoms with Gasteiger partial charge in [0.05, 0.1) is 16.8 Å². The summed E-state index contributed by atoms with van der Waals surface area (Å²) in [7, 11) is 0. The molecule has 156 valence electrons. The fourth-order valence-corrected chi connectivity index (χ4v) is 4.61. The molecule has 3 aromatic rings. The van der Waals surface area contributed by atoms with E-state index in [1.54, 1.807) is 0 Å². The van der Waals surface area contributed by atoms with Gasteiger partial charge >= 0.3 is 0 Å². The van der Waals surface area contributed by atoms with Crippen LogP contribution in [-0.4, -0.2) is 39.4 Å². The second kappa shape index (κ2) is 8.30. The van der Waals surface area contributed by atoms with Crippen LogP contribution in [0, 0.1) is 6.92 Å². The van der Waals surface area contributed by atoms with Crippen LogP contribution in [0.1, 0.15) is 47.9 Å². The van der Waals surface area contributed by atoms with E-state index in [2.05, 4.69) is 11.5 Å². The number of carbonyl (C=O) groups is 2. The number of primary amides is 1. The zero-order valence-electron chi connectivity index (χ0n) is 17.6. The number of hydrogen-bond acceptors (Lipinski definition) is 3. The smallest absolute Gasteiger partial charge is 0.251 e. The Hall–Kier alpha value is -3.15. The average Bonchev–Trinajstić information content (AvgIpc) is 3.28. The van der Waals surface area contributed by atoms with Crippen molar-refractivity contribution in [2.75, 3.05) is 13.1 Å². The Bertz CT molecular complexity index is 1120. The lowest BCUT2D eigenvalue weighted by molar-refractivity contribution is -0.127. The molecule has 1 fully saturated rings. The van der Waals surface area contributed by atoms with Gasteiger partial charge in [0.25, 0.3) is 5.91 Å². The summed E-state index contributed by atoms with van der Waals surface area (Å²) in [5.41, 5.74) is 10.8. The van der Waals surface area contributed by atoms with Crippen LogP contribution >= 0.6 is 0 Å². The highest BCUT2D eigenvalue weighted by molar-refractivity contribution is 6.02. The van der Waals surface area contributed by atoms with Crippen molar-refractivity contribution in [1.29, 1.82) is 0 Å². The summed E-state index contributed by atoms with van der Waals surface area (Å²) < 4.78 is 2.19. The third-order valence-corrected chi connectivity index (χ3v) is 6.05. The van der Waals surface area contributed by atoms with Gasteiger partial charge in [0, 0.05) is 48.4 Å². The Morgan fingerprint density at radius 1 is 1.17 bits per heavy atom. The van der Waals surface area contributed by atoms with Gasteiger partial charge in [-0.25, -0.2) is 4.98 Å².